The summed E-state index contributed by atoms with van der Waals surface area (Å²) in [5.41, 5.74) is 0.688. The van der Waals surface area contributed by atoms with Crippen molar-refractivity contribution >= 4 is 27.6 Å². The summed E-state index contributed by atoms with van der Waals surface area (Å²) in [6, 6.07) is 4.19. The van der Waals surface area contributed by atoms with Crippen LogP contribution < -0.4 is 5.32 Å². The number of hydrogen-bond acceptors (Lipinski definition) is 2. The molecule has 0 atom stereocenters. The molecule has 0 heterocycles. The maximum atomic E-state index is 12.6. The Hall–Kier alpha value is -1.10. The molecule has 76 valence electrons. The maximum Gasteiger partial charge on any atom is 0.305 e. The van der Waals surface area contributed by atoms with Gasteiger partial charge >= 0.3 is 5.97 Å². The topological polar surface area (TPSA) is 49.3 Å². The molecule has 0 unspecified atom stereocenters. The highest BCUT2D eigenvalue weighted by atomic mass is 79.9. The van der Waals surface area contributed by atoms with E-state index in [1.807, 2.05) is 0 Å². The second-order valence-corrected chi connectivity index (χ2v) is 3.55. The Morgan fingerprint density at radius 1 is 1.57 bits per heavy atom. The minimum absolute atomic E-state index is 0.0316. The van der Waals surface area contributed by atoms with Gasteiger partial charge in [-0.1, -0.05) is 0 Å². The first-order valence-corrected chi connectivity index (χ1v) is 4.79. The van der Waals surface area contributed by atoms with Crippen LogP contribution in [-0.4, -0.2) is 17.6 Å². The van der Waals surface area contributed by atoms with Crippen molar-refractivity contribution in [1.29, 1.82) is 0 Å². The standard InChI is InChI=1S/C9H9BrFNO2/c10-7-5-6(11)1-2-8(7)12-4-3-9(13)14/h1-2,5,12H,3-4H2,(H,13,14). The minimum atomic E-state index is -0.865. The van der Waals surface area contributed by atoms with E-state index in [9.17, 15) is 9.18 Å². The van der Waals surface area contributed by atoms with Crippen LogP contribution in [0, 0.1) is 5.82 Å². The van der Waals surface area contributed by atoms with Gasteiger partial charge in [0.05, 0.1) is 6.42 Å². The third kappa shape index (κ3) is 3.33. The Kier molecular flexibility index (Phi) is 3.88. The van der Waals surface area contributed by atoms with E-state index in [0.29, 0.717) is 16.7 Å². The number of nitrogens with one attached hydrogen (secondary N) is 1. The molecule has 0 aliphatic heterocycles. The molecular weight excluding hydrogens is 253 g/mol. The lowest BCUT2D eigenvalue weighted by Gasteiger charge is -2.06. The largest absolute Gasteiger partial charge is 0.481 e. The van der Waals surface area contributed by atoms with E-state index in [-0.39, 0.29) is 12.2 Å². The smallest absolute Gasteiger partial charge is 0.305 e. The van der Waals surface area contributed by atoms with Crippen molar-refractivity contribution in [2.75, 3.05) is 11.9 Å². The zero-order valence-corrected chi connectivity index (χ0v) is 8.84. The molecule has 0 bridgehead atoms. The van der Waals surface area contributed by atoms with Gasteiger partial charge in [0.25, 0.3) is 0 Å². The molecule has 0 saturated heterocycles. The minimum Gasteiger partial charge on any atom is -0.481 e. The number of aliphatic carboxylic acids is 1. The second-order valence-electron chi connectivity index (χ2n) is 2.69. The predicted molar refractivity (Wildman–Crippen MR) is 54.8 cm³/mol. The van der Waals surface area contributed by atoms with Gasteiger partial charge in [-0.15, -0.1) is 0 Å². The van der Waals surface area contributed by atoms with Gasteiger partial charge in [-0.3, -0.25) is 4.79 Å². The first-order valence-electron chi connectivity index (χ1n) is 4.00. The fourth-order valence-corrected chi connectivity index (χ4v) is 1.43. The molecule has 14 heavy (non-hydrogen) atoms. The summed E-state index contributed by atoms with van der Waals surface area (Å²) in [4.78, 5) is 10.2. The Bertz CT molecular complexity index is 344. The molecule has 0 radical (unpaired) electrons. The molecule has 0 aliphatic carbocycles. The Morgan fingerprint density at radius 3 is 2.86 bits per heavy atom. The van der Waals surface area contributed by atoms with Gasteiger partial charge in [0.1, 0.15) is 5.82 Å². The monoisotopic (exact) mass is 261 g/mol. The summed E-state index contributed by atoms with van der Waals surface area (Å²) in [6.45, 7) is 0.319. The lowest BCUT2D eigenvalue weighted by Crippen LogP contribution is -2.07. The van der Waals surface area contributed by atoms with Gasteiger partial charge in [-0.2, -0.15) is 0 Å². The summed E-state index contributed by atoms with van der Waals surface area (Å²) >= 11 is 3.16. The molecule has 5 heteroatoms. The van der Waals surface area contributed by atoms with Crippen molar-refractivity contribution in [2.24, 2.45) is 0 Å². The number of rotatable bonds is 4. The first-order chi connectivity index (χ1) is 6.59. The summed E-state index contributed by atoms with van der Waals surface area (Å²) in [5.74, 6) is -1.20. The van der Waals surface area contributed by atoms with Crippen LogP contribution in [0.3, 0.4) is 0 Å². The Balaban J connectivity index is 2.55. The molecule has 1 aromatic carbocycles. The van der Waals surface area contributed by atoms with Crippen molar-refractivity contribution in [3.63, 3.8) is 0 Å². The molecule has 0 spiro atoms. The van der Waals surface area contributed by atoms with Crippen LogP contribution in [0.5, 0.6) is 0 Å². The lowest BCUT2D eigenvalue weighted by atomic mass is 10.3. The van der Waals surface area contributed by atoms with E-state index in [0.717, 1.165) is 0 Å². The predicted octanol–water partition coefficient (Wildman–Crippen LogP) is 2.47. The van der Waals surface area contributed by atoms with E-state index in [2.05, 4.69) is 21.2 Å². The fraction of sp³-hybridized carbons (Fsp3) is 0.222. The highest BCUT2D eigenvalue weighted by Gasteiger charge is 2.01. The van der Waals surface area contributed by atoms with Crippen LogP contribution in [0.2, 0.25) is 0 Å². The molecule has 2 N–H and O–H groups in total. The quantitative estimate of drug-likeness (QED) is 0.876. The number of carbonyl (C=O) groups is 1. The average Bonchev–Trinajstić information content (AvgIpc) is 2.08. The van der Waals surface area contributed by atoms with Crippen LogP contribution >= 0.6 is 15.9 Å². The number of carboxylic acid groups (broad SMARTS) is 1. The fourth-order valence-electron chi connectivity index (χ4n) is 0.937. The van der Waals surface area contributed by atoms with E-state index in [1.165, 1.54) is 12.1 Å². The third-order valence-corrected chi connectivity index (χ3v) is 2.24. The molecule has 0 aromatic heterocycles. The highest BCUT2D eigenvalue weighted by molar-refractivity contribution is 9.10. The van der Waals surface area contributed by atoms with Crippen LogP contribution in [0.25, 0.3) is 0 Å². The molecule has 3 nitrogen and oxygen atoms in total. The summed E-state index contributed by atoms with van der Waals surface area (Å²) < 4.78 is 13.2. The molecule has 0 fully saturated rings. The third-order valence-electron chi connectivity index (χ3n) is 1.59. The average molecular weight is 262 g/mol. The van der Waals surface area contributed by atoms with Crippen LogP contribution in [-0.2, 0) is 4.79 Å². The summed E-state index contributed by atoms with van der Waals surface area (Å²) in [7, 11) is 0. The van der Waals surface area contributed by atoms with E-state index in [1.54, 1.807) is 6.07 Å². The molecule has 0 aliphatic rings. The van der Waals surface area contributed by atoms with Crippen molar-refractivity contribution in [2.45, 2.75) is 6.42 Å². The van der Waals surface area contributed by atoms with Gasteiger partial charge in [0.2, 0.25) is 0 Å². The van der Waals surface area contributed by atoms with Crippen molar-refractivity contribution in [3.8, 4) is 0 Å². The highest BCUT2D eigenvalue weighted by Crippen LogP contribution is 2.22. The number of halogens is 2. The second kappa shape index (κ2) is 4.95. The van der Waals surface area contributed by atoms with Gasteiger partial charge in [-0.05, 0) is 34.1 Å². The molecule has 1 rings (SSSR count). The van der Waals surface area contributed by atoms with Gasteiger partial charge in [-0.25, -0.2) is 4.39 Å². The van der Waals surface area contributed by atoms with Crippen molar-refractivity contribution in [3.05, 3.63) is 28.5 Å². The zero-order valence-electron chi connectivity index (χ0n) is 7.26. The molecular formula is C9H9BrFNO2. The van der Waals surface area contributed by atoms with Crippen LogP contribution in [0.1, 0.15) is 6.42 Å². The van der Waals surface area contributed by atoms with E-state index < -0.39 is 5.97 Å². The Labute approximate surface area is 89.1 Å². The van der Waals surface area contributed by atoms with Crippen molar-refractivity contribution in [1.82, 2.24) is 0 Å². The van der Waals surface area contributed by atoms with E-state index in [4.69, 9.17) is 5.11 Å². The van der Waals surface area contributed by atoms with Crippen LogP contribution in [0.4, 0.5) is 10.1 Å². The van der Waals surface area contributed by atoms with Gasteiger partial charge in [0.15, 0.2) is 0 Å². The van der Waals surface area contributed by atoms with Crippen molar-refractivity contribution < 1.29 is 14.3 Å². The maximum absolute atomic E-state index is 12.6. The number of carboxylic acids is 1. The van der Waals surface area contributed by atoms with Gasteiger partial charge in [0, 0.05) is 16.7 Å². The lowest BCUT2D eigenvalue weighted by molar-refractivity contribution is -0.136. The van der Waals surface area contributed by atoms with E-state index >= 15 is 0 Å². The molecule has 0 saturated carbocycles. The summed E-state index contributed by atoms with van der Waals surface area (Å²) in [6.07, 6.45) is 0.0316. The number of anilines is 1. The Morgan fingerprint density at radius 2 is 2.29 bits per heavy atom. The summed E-state index contributed by atoms with van der Waals surface area (Å²) in [5, 5.41) is 11.3. The number of hydrogen-bond donors (Lipinski definition) is 2. The van der Waals surface area contributed by atoms with Gasteiger partial charge < -0.3 is 10.4 Å². The van der Waals surface area contributed by atoms with Crippen LogP contribution in [0.15, 0.2) is 22.7 Å². The zero-order chi connectivity index (χ0) is 10.6. The first kappa shape index (κ1) is 11.0. The molecule has 0 amide bonds. The normalized spacial score (nSPS) is 9.86. The molecule has 1 aromatic rings. The number of benzene rings is 1. The SMILES string of the molecule is O=C(O)CCNc1ccc(F)cc1Br.